The van der Waals surface area contributed by atoms with Crippen LogP contribution in [0.4, 0.5) is 19.3 Å². The molecule has 4 aromatic rings. The molecular weight excluding hydrogens is 442 g/mol. The van der Waals surface area contributed by atoms with Crippen molar-refractivity contribution in [3.8, 4) is 0 Å². The number of urea groups is 1. The average molecular weight is 466 g/mol. The van der Waals surface area contributed by atoms with E-state index in [2.05, 4.69) is 5.32 Å². The summed E-state index contributed by atoms with van der Waals surface area (Å²) in [5.41, 5.74) is 0.155. The summed E-state index contributed by atoms with van der Waals surface area (Å²) in [5, 5.41) is 2.98. The van der Waals surface area contributed by atoms with E-state index in [1.54, 1.807) is 47.9 Å². The number of furan rings is 1. The molecule has 0 aliphatic rings. The van der Waals surface area contributed by atoms with Crippen LogP contribution in [0.25, 0.3) is 10.9 Å². The quantitative estimate of drug-likeness (QED) is 0.392. The van der Waals surface area contributed by atoms with Crippen LogP contribution in [0.3, 0.4) is 0 Å². The van der Waals surface area contributed by atoms with Crippen molar-refractivity contribution in [2.45, 2.75) is 39.4 Å². The highest BCUT2D eigenvalue weighted by Crippen LogP contribution is 2.25. The Morgan fingerprint density at radius 3 is 2.68 bits per heavy atom. The van der Waals surface area contributed by atoms with Crippen molar-refractivity contribution in [2.24, 2.45) is 0 Å². The molecule has 0 radical (unpaired) electrons. The molecule has 0 fully saturated rings. The molecule has 0 aliphatic carbocycles. The van der Waals surface area contributed by atoms with Crippen molar-refractivity contribution in [1.29, 1.82) is 0 Å². The molecule has 7 nitrogen and oxygen atoms in total. The number of hydrogen-bond donors (Lipinski definition) is 1. The average Bonchev–Trinajstić information content (AvgIpc) is 3.34. The second-order valence-corrected chi connectivity index (χ2v) is 7.88. The van der Waals surface area contributed by atoms with Gasteiger partial charge in [0.1, 0.15) is 23.2 Å². The van der Waals surface area contributed by atoms with Crippen LogP contribution in [-0.2, 0) is 13.1 Å². The Labute approximate surface area is 194 Å². The number of amides is 2. The van der Waals surface area contributed by atoms with Crippen molar-refractivity contribution in [3.05, 3.63) is 94.4 Å². The minimum atomic E-state index is -0.898. The van der Waals surface area contributed by atoms with Gasteiger partial charge in [0.25, 0.3) is 5.56 Å². The number of benzene rings is 2. The summed E-state index contributed by atoms with van der Waals surface area (Å²) in [6, 6.07) is 12.0. The van der Waals surface area contributed by atoms with Crippen LogP contribution in [0, 0.1) is 11.6 Å². The van der Waals surface area contributed by atoms with E-state index in [-0.39, 0.29) is 17.8 Å². The molecule has 0 saturated heterocycles. The van der Waals surface area contributed by atoms with E-state index in [0.29, 0.717) is 41.5 Å². The van der Waals surface area contributed by atoms with E-state index >= 15 is 0 Å². The molecule has 176 valence electrons. The van der Waals surface area contributed by atoms with E-state index < -0.39 is 23.7 Å². The van der Waals surface area contributed by atoms with Gasteiger partial charge in [-0.1, -0.05) is 19.1 Å². The molecule has 1 N–H and O–H groups in total. The maximum Gasteiger partial charge on any atom is 0.322 e. The monoisotopic (exact) mass is 466 g/mol. The first-order valence-corrected chi connectivity index (χ1v) is 10.9. The van der Waals surface area contributed by atoms with Gasteiger partial charge in [0, 0.05) is 12.6 Å². The number of nitrogens with one attached hydrogen (secondary N) is 1. The first-order valence-electron chi connectivity index (χ1n) is 10.9. The predicted molar refractivity (Wildman–Crippen MR) is 124 cm³/mol. The number of para-hydroxylation sites is 1. The van der Waals surface area contributed by atoms with Gasteiger partial charge in [-0.2, -0.15) is 0 Å². The van der Waals surface area contributed by atoms with E-state index in [0.717, 1.165) is 12.1 Å². The highest BCUT2D eigenvalue weighted by atomic mass is 19.1. The molecule has 34 heavy (non-hydrogen) atoms. The van der Waals surface area contributed by atoms with E-state index in [9.17, 15) is 18.4 Å². The highest BCUT2D eigenvalue weighted by Gasteiger charge is 2.28. The summed E-state index contributed by atoms with van der Waals surface area (Å²) in [7, 11) is 0. The Hall–Kier alpha value is -4.01. The summed E-state index contributed by atoms with van der Waals surface area (Å²) in [6.07, 6.45) is 2.17. The number of fused-ring (bicyclic) bond motifs is 1. The third-order valence-corrected chi connectivity index (χ3v) is 5.52. The lowest BCUT2D eigenvalue weighted by Gasteiger charge is -2.30. The van der Waals surface area contributed by atoms with Crippen LogP contribution in [0.5, 0.6) is 0 Å². The normalized spacial score (nSPS) is 12.0. The van der Waals surface area contributed by atoms with Crippen LogP contribution in [0.2, 0.25) is 0 Å². The lowest BCUT2D eigenvalue weighted by atomic mass is 10.2. The predicted octanol–water partition coefficient (Wildman–Crippen LogP) is 5.47. The summed E-state index contributed by atoms with van der Waals surface area (Å²) < 4.78 is 34.5. The number of aromatic nitrogens is 2. The molecule has 0 aliphatic heterocycles. The van der Waals surface area contributed by atoms with Gasteiger partial charge in [0.05, 0.1) is 35.4 Å². The summed E-state index contributed by atoms with van der Waals surface area (Å²) in [5.74, 6) is -0.760. The second kappa shape index (κ2) is 9.86. The topological polar surface area (TPSA) is 80.4 Å². The van der Waals surface area contributed by atoms with Gasteiger partial charge in [-0.15, -0.1) is 0 Å². The molecule has 0 spiro atoms. The summed E-state index contributed by atoms with van der Waals surface area (Å²) >= 11 is 0. The Bertz CT molecular complexity index is 1370. The van der Waals surface area contributed by atoms with Gasteiger partial charge in [0.15, 0.2) is 0 Å². The molecular formula is C25H24F2N4O3. The molecule has 2 aromatic carbocycles. The van der Waals surface area contributed by atoms with Crippen LogP contribution >= 0.6 is 0 Å². The van der Waals surface area contributed by atoms with E-state index in [1.807, 2.05) is 6.92 Å². The van der Waals surface area contributed by atoms with Gasteiger partial charge in [-0.05, 0) is 49.7 Å². The maximum absolute atomic E-state index is 14.2. The van der Waals surface area contributed by atoms with Crippen molar-refractivity contribution in [1.82, 2.24) is 14.5 Å². The Morgan fingerprint density at radius 1 is 1.18 bits per heavy atom. The molecule has 0 saturated carbocycles. The third kappa shape index (κ3) is 4.68. The summed E-state index contributed by atoms with van der Waals surface area (Å²) in [6.45, 7) is 4.14. The fourth-order valence-corrected chi connectivity index (χ4v) is 3.82. The molecule has 2 heterocycles. The van der Waals surface area contributed by atoms with Crippen LogP contribution in [-0.4, -0.2) is 20.5 Å². The van der Waals surface area contributed by atoms with Gasteiger partial charge < -0.3 is 14.6 Å². The van der Waals surface area contributed by atoms with Crippen LogP contribution < -0.4 is 10.9 Å². The fourth-order valence-electron chi connectivity index (χ4n) is 3.82. The largest absolute Gasteiger partial charge is 0.467 e. The standard InChI is InChI=1S/C25H24F2N4O3/c1-3-12-30-23(28-21-9-5-4-8-19(21)24(30)32)16(2)31(15-18-7-6-13-34-18)25(33)29-22-11-10-17(26)14-20(22)27/h4-11,13-14,16H,3,12,15H2,1-2H3,(H,29,33). The maximum atomic E-state index is 14.2. The first kappa shape index (κ1) is 23.2. The van der Waals surface area contributed by atoms with Gasteiger partial charge in [0.2, 0.25) is 0 Å². The number of hydrogen-bond acceptors (Lipinski definition) is 4. The third-order valence-electron chi connectivity index (χ3n) is 5.52. The zero-order chi connectivity index (χ0) is 24.2. The van der Waals surface area contributed by atoms with E-state index in [1.165, 1.54) is 11.2 Å². The van der Waals surface area contributed by atoms with Crippen molar-refractivity contribution >= 4 is 22.6 Å². The zero-order valence-corrected chi connectivity index (χ0v) is 18.8. The smallest absolute Gasteiger partial charge is 0.322 e. The van der Waals surface area contributed by atoms with Crippen LogP contribution in [0.1, 0.15) is 37.9 Å². The Morgan fingerprint density at radius 2 is 1.97 bits per heavy atom. The Balaban J connectivity index is 1.77. The number of nitrogens with zero attached hydrogens (tertiary/aromatic N) is 3. The molecule has 9 heteroatoms. The fraction of sp³-hybridized carbons (Fsp3) is 0.240. The summed E-state index contributed by atoms with van der Waals surface area (Å²) in [4.78, 5) is 32.6. The lowest BCUT2D eigenvalue weighted by Crippen LogP contribution is -2.39. The minimum absolute atomic E-state index is 0.0393. The second-order valence-electron chi connectivity index (χ2n) is 7.88. The zero-order valence-electron chi connectivity index (χ0n) is 18.8. The molecule has 1 atom stereocenters. The van der Waals surface area contributed by atoms with Gasteiger partial charge in [-0.3, -0.25) is 9.36 Å². The Kier molecular flexibility index (Phi) is 6.72. The SMILES string of the molecule is CCCn1c(C(C)N(Cc2ccco2)C(=O)Nc2ccc(F)cc2F)nc2ccccc2c1=O. The molecule has 4 rings (SSSR count). The lowest BCUT2D eigenvalue weighted by molar-refractivity contribution is 0.177. The van der Waals surface area contributed by atoms with Gasteiger partial charge >= 0.3 is 6.03 Å². The van der Waals surface area contributed by atoms with Crippen molar-refractivity contribution < 1.29 is 18.0 Å². The number of rotatable bonds is 7. The highest BCUT2D eigenvalue weighted by molar-refractivity contribution is 5.89. The van der Waals surface area contributed by atoms with Gasteiger partial charge in [-0.25, -0.2) is 18.6 Å². The molecule has 0 bridgehead atoms. The minimum Gasteiger partial charge on any atom is -0.467 e. The number of anilines is 1. The first-order chi connectivity index (χ1) is 16.4. The van der Waals surface area contributed by atoms with Crippen molar-refractivity contribution in [3.63, 3.8) is 0 Å². The molecule has 2 aromatic heterocycles. The van der Waals surface area contributed by atoms with E-state index in [4.69, 9.17) is 9.40 Å². The number of carbonyl (C=O) groups excluding carboxylic acids is 1. The van der Waals surface area contributed by atoms with Crippen LogP contribution in [0.15, 0.2) is 70.1 Å². The molecule has 1 unspecified atom stereocenters. The number of halogens is 2. The number of carbonyl (C=O) groups is 1. The molecule has 2 amide bonds. The van der Waals surface area contributed by atoms with Crippen molar-refractivity contribution in [2.75, 3.05) is 5.32 Å².